The van der Waals surface area contributed by atoms with E-state index in [4.69, 9.17) is 14.2 Å². The van der Waals surface area contributed by atoms with Crippen LogP contribution >= 0.6 is 11.3 Å². The number of methoxy groups -OCH3 is 1. The summed E-state index contributed by atoms with van der Waals surface area (Å²) in [7, 11) is -1.82. The van der Waals surface area contributed by atoms with E-state index in [9.17, 15) is 8.42 Å². The van der Waals surface area contributed by atoms with Crippen LogP contribution in [0, 0.1) is 6.92 Å². The second-order valence-electron chi connectivity index (χ2n) is 6.58. The Labute approximate surface area is 153 Å². The predicted molar refractivity (Wildman–Crippen MR) is 95.6 cm³/mol. The van der Waals surface area contributed by atoms with Gasteiger partial charge in [0.05, 0.1) is 26.4 Å². The van der Waals surface area contributed by atoms with Crippen LogP contribution in [0.15, 0.2) is 15.7 Å². The van der Waals surface area contributed by atoms with Gasteiger partial charge in [-0.05, 0) is 23.9 Å². The van der Waals surface area contributed by atoms with E-state index in [1.54, 1.807) is 11.4 Å². The molecule has 2 aliphatic rings. The fourth-order valence-electron chi connectivity index (χ4n) is 3.33. The molecule has 2 saturated heterocycles. The number of aryl methyl sites for hydroxylation is 1. The van der Waals surface area contributed by atoms with Gasteiger partial charge in [0.25, 0.3) is 10.0 Å². The van der Waals surface area contributed by atoms with Crippen LogP contribution < -0.4 is 0 Å². The van der Waals surface area contributed by atoms with Gasteiger partial charge in [-0.3, -0.25) is 4.90 Å². The number of hydrogen-bond donors (Lipinski definition) is 0. The molecule has 0 bridgehead atoms. The standard InChI is InChI=1S/C16H26N2O5S2/c1-14-3-10-24-15(14)25(19,20)18-6-9-23-16(12-18)11-17(4-7-21-2)5-8-22-13-16/h3,10H,4-9,11-13H2,1-2H3. The summed E-state index contributed by atoms with van der Waals surface area (Å²) in [6.45, 7) is 6.78. The zero-order valence-electron chi connectivity index (χ0n) is 14.8. The van der Waals surface area contributed by atoms with Crippen molar-refractivity contribution < 1.29 is 22.6 Å². The summed E-state index contributed by atoms with van der Waals surface area (Å²) in [6, 6.07) is 1.84. The number of thiophene rings is 1. The van der Waals surface area contributed by atoms with E-state index in [0.29, 0.717) is 50.3 Å². The summed E-state index contributed by atoms with van der Waals surface area (Å²) >= 11 is 1.27. The minimum Gasteiger partial charge on any atom is -0.383 e. The van der Waals surface area contributed by atoms with Crippen molar-refractivity contribution >= 4 is 21.4 Å². The highest BCUT2D eigenvalue weighted by atomic mass is 32.2. The SMILES string of the molecule is COCCN1CCOCC2(C1)CN(S(=O)(=O)c1sccc1C)CCO2. The Morgan fingerprint density at radius 3 is 2.88 bits per heavy atom. The topological polar surface area (TPSA) is 68.3 Å². The van der Waals surface area contributed by atoms with E-state index in [0.717, 1.165) is 18.7 Å². The monoisotopic (exact) mass is 390 g/mol. The van der Waals surface area contributed by atoms with Crippen LogP contribution in [-0.2, 0) is 24.2 Å². The third-order valence-electron chi connectivity index (χ3n) is 4.64. The lowest BCUT2D eigenvalue weighted by Gasteiger charge is -2.42. The lowest BCUT2D eigenvalue weighted by molar-refractivity contribution is -0.126. The van der Waals surface area contributed by atoms with Crippen molar-refractivity contribution in [3.05, 3.63) is 17.0 Å². The Kier molecular flexibility index (Phi) is 6.15. The number of sulfonamides is 1. The van der Waals surface area contributed by atoms with Gasteiger partial charge in [-0.2, -0.15) is 4.31 Å². The highest BCUT2D eigenvalue weighted by Crippen LogP contribution is 2.30. The van der Waals surface area contributed by atoms with E-state index in [1.807, 2.05) is 18.4 Å². The number of rotatable bonds is 5. The third kappa shape index (κ3) is 4.24. The molecule has 0 amide bonds. The minimum atomic E-state index is -3.50. The Hall–Kier alpha value is -0.550. The first-order valence-electron chi connectivity index (χ1n) is 8.44. The van der Waals surface area contributed by atoms with Crippen LogP contribution in [0.1, 0.15) is 5.56 Å². The van der Waals surface area contributed by atoms with Crippen molar-refractivity contribution in [2.45, 2.75) is 16.7 Å². The van der Waals surface area contributed by atoms with Gasteiger partial charge in [-0.15, -0.1) is 11.3 Å². The molecule has 3 rings (SSSR count). The molecule has 0 saturated carbocycles. The first kappa shape index (κ1) is 19.2. The molecular weight excluding hydrogens is 364 g/mol. The average Bonchev–Trinajstić information content (AvgIpc) is 2.94. The second kappa shape index (κ2) is 7.99. The van der Waals surface area contributed by atoms with Gasteiger partial charge in [0.15, 0.2) is 0 Å². The molecule has 2 aliphatic heterocycles. The van der Waals surface area contributed by atoms with Crippen molar-refractivity contribution in [1.82, 2.24) is 9.21 Å². The summed E-state index contributed by atoms with van der Waals surface area (Å²) in [5.41, 5.74) is 0.171. The van der Waals surface area contributed by atoms with Crippen LogP contribution in [0.4, 0.5) is 0 Å². The molecule has 7 nitrogen and oxygen atoms in total. The van der Waals surface area contributed by atoms with Gasteiger partial charge in [0.1, 0.15) is 9.81 Å². The second-order valence-corrected chi connectivity index (χ2v) is 9.63. The van der Waals surface area contributed by atoms with Gasteiger partial charge < -0.3 is 14.2 Å². The fraction of sp³-hybridized carbons (Fsp3) is 0.750. The summed E-state index contributed by atoms with van der Waals surface area (Å²) in [4.78, 5) is 2.23. The largest absolute Gasteiger partial charge is 0.383 e. The van der Waals surface area contributed by atoms with Gasteiger partial charge in [0.2, 0.25) is 0 Å². The van der Waals surface area contributed by atoms with Gasteiger partial charge in [-0.1, -0.05) is 0 Å². The lowest BCUT2D eigenvalue weighted by atomic mass is 10.0. The Bertz CT molecular complexity index is 678. The molecule has 1 unspecified atom stereocenters. The van der Waals surface area contributed by atoms with E-state index in [2.05, 4.69) is 4.90 Å². The summed E-state index contributed by atoms with van der Waals surface area (Å²) in [5.74, 6) is 0. The molecule has 9 heteroatoms. The molecule has 1 aromatic heterocycles. The van der Waals surface area contributed by atoms with Crippen molar-refractivity contribution in [3.63, 3.8) is 0 Å². The minimum absolute atomic E-state index is 0.316. The fourth-order valence-corrected chi connectivity index (χ4v) is 6.38. The Morgan fingerprint density at radius 2 is 2.16 bits per heavy atom. The van der Waals surface area contributed by atoms with Crippen LogP contribution in [0.2, 0.25) is 0 Å². The average molecular weight is 391 g/mol. The molecule has 0 aromatic carbocycles. The number of morpholine rings is 1. The molecule has 1 atom stereocenters. The van der Waals surface area contributed by atoms with E-state index in [1.165, 1.54) is 11.3 Å². The zero-order chi connectivity index (χ0) is 17.9. The van der Waals surface area contributed by atoms with Crippen LogP contribution in [0.5, 0.6) is 0 Å². The first-order chi connectivity index (χ1) is 12.0. The van der Waals surface area contributed by atoms with E-state index in [-0.39, 0.29) is 0 Å². The molecule has 0 aliphatic carbocycles. The van der Waals surface area contributed by atoms with Crippen molar-refractivity contribution in [2.24, 2.45) is 0 Å². The number of nitrogens with zero attached hydrogens (tertiary/aromatic N) is 2. The van der Waals surface area contributed by atoms with Crippen molar-refractivity contribution in [3.8, 4) is 0 Å². The van der Waals surface area contributed by atoms with Gasteiger partial charge in [-0.25, -0.2) is 8.42 Å². The zero-order valence-corrected chi connectivity index (χ0v) is 16.4. The number of hydrogen-bond acceptors (Lipinski definition) is 7. The lowest BCUT2D eigenvalue weighted by Crippen LogP contribution is -2.59. The quantitative estimate of drug-likeness (QED) is 0.741. The molecule has 0 radical (unpaired) electrons. The van der Waals surface area contributed by atoms with E-state index < -0.39 is 15.6 Å². The van der Waals surface area contributed by atoms with Crippen LogP contribution in [0.25, 0.3) is 0 Å². The van der Waals surface area contributed by atoms with Crippen LogP contribution in [0.3, 0.4) is 0 Å². The molecule has 1 aromatic rings. The molecule has 1 spiro atoms. The smallest absolute Gasteiger partial charge is 0.252 e. The maximum absolute atomic E-state index is 13.0. The molecule has 25 heavy (non-hydrogen) atoms. The Balaban J connectivity index is 1.78. The van der Waals surface area contributed by atoms with Crippen molar-refractivity contribution in [1.29, 1.82) is 0 Å². The molecule has 0 N–H and O–H groups in total. The number of ether oxygens (including phenoxy) is 3. The normalized spacial score (nSPS) is 26.8. The summed E-state index contributed by atoms with van der Waals surface area (Å²) in [5, 5.41) is 1.82. The summed E-state index contributed by atoms with van der Waals surface area (Å²) < 4.78 is 45.0. The molecule has 3 heterocycles. The molecule has 142 valence electrons. The Morgan fingerprint density at radius 1 is 1.32 bits per heavy atom. The predicted octanol–water partition coefficient (Wildman–Crippen LogP) is 0.795. The highest BCUT2D eigenvalue weighted by Gasteiger charge is 2.44. The summed E-state index contributed by atoms with van der Waals surface area (Å²) in [6.07, 6.45) is 0. The van der Waals surface area contributed by atoms with E-state index >= 15 is 0 Å². The van der Waals surface area contributed by atoms with Gasteiger partial charge in [0, 0.05) is 39.8 Å². The molecule has 2 fully saturated rings. The van der Waals surface area contributed by atoms with Crippen LogP contribution in [-0.4, -0.2) is 89.5 Å². The molecular formula is C16H26N2O5S2. The highest BCUT2D eigenvalue weighted by molar-refractivity contribution is 7.91. The maximum Gasteiger partial charge on any atom is 0.252 e. The maximum atomic E-state index is 13.0. The van der Waals surface area contributed by atoms with Crippen molar-refractivity contribution in [2.75, 3.05) is 66.3 Å². The van der Waals surface area contributed by atoms with Gasteiger partial charge >= 0.3 is 0 Å². The first-order valence-corrected chi connectivity index (χ1v) is 10.8. The third-order valence-corrected chi connectivity index (χ3v) is 8.15.